The second-order valence-corrected chi connectivity index (χ2v) is 8.28. The summed E-state index contributed by atoms with van der Waals surface area (Å²) in [6, 6.07) is 17.0. The van der Waals surface area contributed by atoms with Gasteiger partial charge in [0.2, 0.25) is 10.0 Å². The van der Waals surface area contributed by atoms with E-state index in [0.29, 0.717) is 17.9 Å². The van der Waals surface area contributed by atoms with Gasteiger partial charge in [-0.3, -0.25) is 0 Å². The van der Waals surface area contributed by atoms with E-state index in [2.05, 4.69) is 9.71 Å². The van der Waals surface area contributed by atoms with Gasteiger partial charge in [-0.05, 0) is 24.1 Å². The average molecular weight is 373 g/mol. The van der Waals surface area contributed by atoms with Crippen molar-refractivity contribution in [3.63, 3.8) is 0 Å². The second-order valence-electron chi connectivity index (χ2n) is 5.66. The molecule has 6 heteroatoms. The average Bonchev–Trinajstić information content (AvgIpc) is 3.11. The first kappa shape index (κ1) is 17.8. The van der Waals surface area contributed by atoms with E-state index in [1.54, 1.807) is 23.5 Å². The van der Waals surface area contributed by atoms with E-state index in [1.807, 2.05) is 54.8 Å². The van der Waals surface area contributed by atoms with E-state index in [4.69, 9.17) is 0 Å². The van der Waals surface area contributed by atoms with Gasteiger partial charge in [-0.15, -0.1) is 11.3 Å². The molecule has 0 aliphatic carbocycles. The number of aryl methyl sites for hydroxylation is 1. The number of rotatable bonds is 7. The molecule has 1 N–H and O–H groups in total. The molecule has 0 aliphatic rings. The first-order valence-electron chi connectivity index (χ1n) is 8.17. The molecule has 0 amide bonds. The molecule has 0 radical (unpaired) electrons. The molecule has 25 heavy (non-hydrogen) atoms. The van der Waals surface area contributed by atoms with Crippen LogP contribution in [-0.2, 0) is 22.9 Å². The van der Waals surface area contributed by atoms with Gasteiger partial charge in [-0.1, -0.05) is 49.4 Å². The summed E-state index contributed by atoms with van der Waals surface area (Å²) < 4.78 is 27.3. The number of thiazole rings is 1. The molecule has 2 aromatic carbocycles. The quantitative estimate of drug-likeness (QED) is 0.684. The Labute approximate surface area is 152 Å². The Bertz CT molecular complexity index is 918. The summed E-state index contributed by atoms with van der Waals surface area (Å²) in [4.78, 5) is 4.88. The molecule has 0 saturated carbocycles. The Morgan fingerprint density at radius 1 is 1.04 bits per heavy atom. The van der Waals surface area contributed by atoms with Crippen molar-refractivity contribution in [1.82, 2.24) is 9.71 Å². The van der Waals surface area contributed by atoms with E-state index in [9.17, 15) is 8.42 Å². The number of nitrogens with zero attached hydrogens (tertiary/aromatic N) is 1. The fourth-order valence-corrected chi connectivity index (χ4v) is 4.33. The third-order valence-electron chi connectivity index (χ3n) is 3.89. The first-order chi connectivity index (χ1) is 12.1. The highest BCUT2D eigenvalue weighted by Gasteiger charge is 2.13. The molecule has 0 spiro atoms. The maximum absolute atomic E-state index is 12.3. The molecule has 3 rings (SSSR count). The topological polar surface area (TPSA) is 59.1 Å². The standard InChI is InChI=1S/C19H20N2O2S2/c1-2-15-8-10-18(11-9-15)25(22,23)20-13-12-17-14-24-19(21-17)16-6-4-3-5-7-16/h3-11,14,20H,2,12-13H2,1H3. The maximum Gasteiger partial charge on any atom is 0.240 e. The predicted molar refractivity (Wildman–Crippen MR) is 102 cm³/mol. The molecule has 0 saturated heterocycles. The lowest BCUT2D eigenvalue weighted by Gasteiger charge is -2.06. The van der Waals surface area contributed by atoms with Crippen LogP contribution in [0, 0.1) is 0 Å². The Kier molecular flexibility index (Phi) is 5.63. The Morgan fingerprint density at radius 2 is 1.76 bits per heavy atom. The number of sulfonamides is 1. The maximum atomic E-state index is 12.3. The van der Waals surface area contributed by atoms with Gasteiger partial charge in [-0.25, -0.2) is 18.1 Å². The Balaban J connectivity index is 1.59. The van der Waals surface area contributed by atoms with Crippen molar-refractivity contribution in [1.29, 1.82) is 0 Å². The van der Waals surface area contributed by atoms with Crippen LogP contribution in [0.1, 0.15) is 18.2 Å². The monoisotopic (exact) mass is 372 g/mol. The minimum absolute atomic E-state index is 0.299. The third kappa shape index (κ3) is 4.54. The minimum atomic E-state index is -3.48. The van der Waals surface area contributed by atoms with Crippen LogP contribution in [0.4, 0.5) is 0 Å². The summed E-state index contributed by atoms with van der Waals surface area (Å²) in [5.41, 5.74) is 3.10. The summed E-state index contributed by atoms with van der Waals surface area (Å²) in [5, 5.41) is 2.93. The van der Waals surface area contributed by atoms with E-state index >= 15 is 0 Å². The van der Waals surface area contributed by atoms with Crippen LogP contribution in [0.15, 0.2) is 64.9 Å². The zero-order valence-electron chi connectivity index (χ0n) is 14.0. The van der Waals surface area contributed by atoms with Gasteiger partial charge < -0.3 is 0 Å². The molecule has 130 valence electrons. The van der Waals surface area contributed by atoms with Gasteiger partial charge in [0.25, 0.3) is 0 Å². The molecule has 0 aliphatic heterocycles. The van der Waals surface area contributed by atoms with Crippen LogP contribution in [0.3, 0.4) is 0 Å². The summed E-state index contributed by atoms with van der Waals surface area (Å²) in [7, 11) is -3.48. The van der Waals surface area contributed by atoms with Crippen LogP contribution >= 0.6 is 11.3 Å². The number of hydrogen-bond donors (Lipinski definition) is 1. The van der Waals surface area contributed by atoms with Gasteiger partial charge in [0, 0.05) is 23.9 Å². The normalized spacial score (nSPS) is 11.6. The van der Waals surface area contributed by atoms with Gasteiger partial charge in [0.1, 0.15) is 5.01 Å². The van der Waals surface area contributed by atoms with Crippen LogP contribution in [-0.4, -0.2) is 19.9 Å². The summed E-state index contributed by atoms with van der Waals surface area (Å²) in [6.07, 6.45) is 1.46. The molecule has 0 bridgehead atoms. The highest BCUT2D eigenvalue weighted by atomic mass is 32.2. The van der Waals surface area contributed by atoms with Gasteiger partial charge in [0.05, 0.1) is 10.6 Å². The molecule has 0 atom stereocenters. The molecular weight excluding hydrogens is 352 g/mol. The van der Waals surface area contributed by atoms with E-state index in [1.165, 1.54) is 0 Å². The fraction of sp³-hybridized carbons (Fsp3) is 0.211. The van der Waals surface area contributed by atoms with Gasteiger partial charge in [-0.2, -0.15) is 0 Å². The van der Waals surface area contributed by atoms with Crippen molar-refractivity contribution >= 4 is 21.4 Å². The fourth-order valence-electron chi connectivity index (χ4n) is 2.44. The van der Waals surface area contributed by atoms with Gasteiger partial charge in [0.15, 0.2) is 0 Å². The Morgan fingerprint density at radius 3 is 2.44 bits per heavy atom. The van der Waals surface area contributed by atoms with E-state index < -0.39 is 10.0 Å². The number of hydrogen-bond acceptors (Lipinski definition) is 4. The summed E-state index contributed by atoms with van der Waals surface area (Å²) in [6.45, 7) is 2.37. The van der Waals surface area contributed by atoms with Crippen LogP contribution in [0.5, 0.6) is 0 Å². The highest BCUT2D eigenvalue weighted by Crippen LogP contribution is 2.23. The lowest BCUT2D eigenvalue weighted by molar-refractivity contribution is 0.581. The lowest BCUT2D eigenvalue weighted by atomic mass is 10.2. The van der Waals surface area contributed by atoms with Crippen LogP contribution in [0.2, 0.25) is 0 Å². The molecule has 0 fully saturated rings. The van der Waals surface area contributed by atoms with Crippen LogP contribution < -0.4 is 4.72 Å². The van der Waals surface area contributed by atoms with Gasteiger partial charge >= 0.3 is 0 Å². The van der Waals surface area contributed by atoms with Crippen molar-refractivity contribution in [2.75, 3.05) is 6.54 Å². The predicted octanol–water partition coefficient (Wildman–Crippen LogP) is 3.89. The number of benzene rings is 2. The van der Waals surface area contributed by atoms with Crippen LogP contribution in [0.25, 0.3) is 10.6 Å². The number of aromatic nitrogens is 1. The summed E-state index contributed by atoms with van der Waals surface area (Å²) >= 11 is 1.57. The minimum Gasteiger partial charge on any atom is -0.241 e. The van der Waals surface area contributed by atoms with E-state index in [0.717, 1.165) is 28.2 Å². The molecule has 1 aromatic heterocycles. The molecule has 1 heterocycles. The number of nitrogens with one attached hydrogen (secondary N) is 1. The molecular formula is C19H20N2O2S2. The SMILES string of the molecule is CCc1ccc(S(=O)(=O)NCCc2csc(-c3ccccc3)n2)cc1. The van der Waals surface area contributed by atoms with Crippen molar-refractivity contribution in [3.05, 3.63) is 71.2 Å². The van der Waals surface area contributed by atoms with Crippen molar-refractivity contribution in [2.45, 2.75) is 24.7 Å². The van der Waals surface area contributed by atoms with Crippen molar-refractivity contribution in [3.8, 4) is 10.6 Å². The zero-order chi connectivity index (χ0) is 17.7. The largest absolute Gasteiger partial charge is 0.241 e. The Hall–Kier alpha value is -2.02. The smallest absolute Gasteiger partial charge is 0.240 e. The van der Waals surface area contributed by atoms with Crippen molar-refractivity contribution < 1.29 is 8.42 Å². The molecule has 4 nitrogen and oxygen atoms in total. The zero-order valence-corrected chi connectivity index (χ0v) is 15.6. The third-order valence-corrected chi connectivity index (χ3v) is 6.30. The molecule has 3 aromatic rings. The van der Waals surface area contributed by atoms with E-state index in [-0.39, 0.29) is 0 Å². The highest BCUT2D eigenvalue weighted by molar-refractivity contribution is 7.89. The molecule has 0 unspecified atom stereocenters. The second kappa shape index (κ2) is 7.91. The summed E-state index contributed by atoms with van der Waals surface area (Å²) in [5.74, 6) is 0. The first-order valence-corrected chi connectivity index (χ1v) is 10.5. The lowest BCUT2D eigenvalue weighted by Crippen LogP contribution is -2.26. The van der Waals surface area contributed by atoms with Crippen molar-refractivity contribution in [2.24, 2.45) is 0 Å².